The molecule has 5 rings (SSSR count). The van der Waals surface area contributed by atoms with Gasteiger partial charge in [0.2, 0.25) is 6.17 Å². The summed E-state index contributed by atoms with van der Waals surface area (Å²) in [6.45, 7) is 7.98. The molecular formula is C32H44N3O6S+. The van der Waals surface area contributed by atoms with Gasteiger partial charge >= 0.3 is 6.09 Å². The lowest BCUT2D eigenvalue weighted by Crippen LogP contribution is -2.76. The molecule has 42 heavy (non-hydrogen) atoms. The molecule has 0 saturated carbocycles. The Bertz CT molecular complexity index is 1370. The van der Waals surface area contributed by atoms with Gasteiger partial charge in [-0.3, -0.25) is 4.90 Å². The third kappa shape index (κ3) is 7.53. The maximum absolute atomic E-state index is 13.3. The monoisotopic (exact) mass is 598 g/mol. The third-order valence-corrected chi connectivity index (χ3v) is 9.59. The van der Waals surface area contributed by atoms with Crippen molar-refractivity contribution in [3.63, 3.8) is 0 Å². The Labute approximate surface area is 250 Å². The summed E-state index contributed by atoms with van der Waals surface area (Å²) in [4.78, 5) is 17.9. The third-order valence-electron chi connectivity index (χ3n) is 8.12. The van der Waals surface area contributed by atoms with Crippen LogP contribution in [0.4, 0.5) is 4.79 Å². The Balaban J connectivity index is 1.27. The van der Waals surface area contributed by atoms with Crippen molar-refractivity contribution >= 4 is 21.7 Å². The summed E-state index contributed by atoms with van der Waals surface area (Å²) in [6.07, 6.45) is 4.86. The Morgan fingerprint density at radius 3 is 2.50 bits per heavy atom. The number of amides is 1. The van der Waals surface area contributed by atoms with Crippen LogP contribution in [-0.2, 0) is 26.1 Å². The minimum Gasteiger partial charge on any atom is -0.488 e. The zero-order chi connectivity index (χ0) is 29.8. The van der Waals surface area contributed by atoms with Crippen LogP contribution in [0.25, 0.3) is 5.57 Å². The lowest BCUT2D eigenvalue weighted by atomic mass is 9.91. The van der Waals surface area contributed by atoms with Gasteiger partial charge in [-0.15, -0.1) is 0 Å². The first-order valence-electron chi connectivity index (χ1n) is 15.0. The van der Waals surface area contributed by atoms with E-state index in [0.29, 0.717) is 39.1 Å². The predicted molar refractivity (Wildman–Crippen MR) is 162 cm³/mol. The van der Waals surface area contributed by atoms with Gasteiger partial charge in [0.25, 0.3) is 10.0 Å². The smallest absolute Gasteiger partial charge is 0.414 e. The second-order valence-electron chi connectivity index (χ2n) is 12.5. The van der Waals surface area contributed by atoms with Gasteiger partial charge in [-0.25, -0.2) is 17.8 Å². The highest BCUT2D eigenvalue weighted by Crippen LogP contribution is 2.35. The summed E-state index contributed by atoms with van der Waals surface area (Å²) >= 11 is 0. The van der Waals surface area contributed by atoms with Gasteiger partial charge in [-0.2, -0.15) is 0 Å². The van der Waals surface area contributed by atoms with Crippen LogP contribution in [0.1, 0.15) is 64.0 Å². The second-order valence-corrected chi connectivity index (χ2v) is 14.3. The molecule has 1 spiro atoms. The first-order valence-corrected chi connectivity index (χ1v) is 16.6. The largest absolute Gasteiger partial charge is 0.488 e. The molecule has 0 bridgehead atoms. The van der Waals surface area contributed by atoms with Gasteiger partial charge in [-0.05, 0) is 57.2 Å². The van der Waals surface area contributed by atoms with Crippen molar-refractivity contribution in [3.8, 4) is 5.75 Å². The van der Waals surface area contributed by atoms with Gasteiger partial charge in [0.05, 0.1) is 11.9 Å². The van der Waals surface area contributed by atoms with Gasteiger partial charge < -0.3 is 14.2 Å². The number of sulfonamides is 1. The van der Waals surface area contributed by atoms with Gasteiger partial charge in [0.15, 0.2) is 0 Å². The number of ether oxygens (including phenoxy) is 3. The number of hydrogen-bond donors (Lipinski definition) is 1. The van der Waals surface area contributed by atoms with E-state index in [-0.39, 0.29) is 23.1 Å². The van der Waals surface area contributed by atoms with Gasteiger partial charge in [-0.1, -0.05) is 59.4 Å². The number of nitrogens with one attached hydrogen (secondary N) is 1. The molecule has 0 radical (unpaired) electrons. The Hall–Kier alpha value is -2.92. The number of quaternary nitrogens is 1. The number of rotatable bonds is 7. The highest BCUT2D eigenvalue weighted by Gasteiger charge is 2.51. The Morgan fingerprint density at radius 2 is 1.79 bits per heavy atom. The average molecular weight is 599 g/mol. The molecule has 2 aromatic rings. The lowest BCUT2D eigenvalue weighted by Gasteiger charge is -2.51. The highest BCUT2D eigenvalue weighted by molar-refractivity contribution is 7.89. The average Bonchev–Trinajstić information content (AvgIpc) is 2.95. The highest BCUT2D eigenvalue weighted by atomic mass is 32.2. The van der Waals surface area contributed by atoms with Crippen LogP contribution in [0.15, 0.2) is 60.7 Å². The zero-order valence-corrected chi connectivity index (χ0v) is 25.8. The van der Waals surface area contributed by atoms with Crippen molar-refractivity contribution in [2.75, 3.05) is 32.0 Å². The molecule has 2 heterocycles. The number of carbonyl (C=O) groups excluding carboxylic acids is 1. The van der Waals surface area contributed by atoms with Crippen LogP contribution < -0.4 is 9.57 Å². The van der Waals surface area contributed by atoms with Crippen LogP contribution >= 0.6 is 0 Å². The number of hydrogen-bond acceptors (Lipinski definition) is 6. The molecule has 2 aliphatic heterocycles. The molecular weight excluding hydrogens is 554 g/mol. The molecule has 2 saturated heterocycles. The maximum Gasteiger partial charge on any atom is 0.414 e. The standard InChI is InChI=1S/C32H44N3O6S/c1-32(2,3)41-31(36)34-19-9-20-35(21-10-22-42(37,38)33-35)30(34)24-39-27-17-15-26(16-18-27)28-13-7-8-14-29(28)40-23-25-11-5-4-6-12-25/h4-8,11-15,27,30,33H,9-10,16-24H2,1-3H3/q+1. The molecule has 228 valence electrons. The quantitative estimate of drug-likeness (QED) is 0.438. The lowest BCUT2D eigenvalue weighted by molar-refractivity contribution is -0.994. The van der Waals surface area contributed by atoms with Crippen LogP contribution in [0.2, 0.25) is 0 Å². The van der Waals surface area contributed by atoms with Crippen molar-refractivity contribution in [2.45, 2.75) is 77.4 Å². The van der Waals surface area contributed by atoms with E-state index in [1.807, 2.05) is 57.2 Å². The van der Waals surface area contributed by atoms with Crippen molar-refractivity contribution < 1.29 is 32.0 Å². The SMILES string of the molecule is CC(C)(C)OC(=O)N1CCC[N+]2(CCCS(=O)(=O)N2)C1COC1CC=C(c2ccccc2OCc2ccccc2)CC1. The first kappa shape index (κ1) is 30.5. The number of carbonyl (C=O) groups is 1. The van der Waals surface area contributed by atoms with E-state index in [1.54, 1.807) is 4.90 Å². The number of para-hydroxylation sites is 1. The molecule has 10 heteroatoms. The maximum atomic E-state index is 13.3. The van der Waals surface area contributed by atoms with E-state index < -0.39 is 27.9 Å². The van der Waals surface area contributed by atoms with E-state index in [0.717, 1.165) is 36.1 Å². The summed E-state index contributed by atoms with van der Waals surface area (Å²) in [6, 6.07) is 18.3. The molecule has 2 fully saturated rings. The molecule has 1 aliphatic carbocycles. The van der Waals surface area contributed by atoms with E-state index >= 15 is 0 Å². The number of benzene rings is 2. The molecule has 1 amide bonds. The fourth-order valence-electron chi connectivity index (χ4n) is 6.15. The van der Waals surface area contributed by atoms with Crippen molar-refractivity contribution in [1.82, 2.24) is 9.73 Å². The minimum absolute atomic E-state index is 0.0324. The molecule has 0 aromatic heterocycles. The molecule has 9 nitrogen and oxygen atoms in total. The van der Waals surface area contributed by atoms with Gasteiger partial charge in [0, 0.05) is 24.9 Å². The molecule has 3 aliphatic rings. The fourth-order valence-corrected chi connectivity index (χ4v) is 7.61. The zero-order valence-electron chi connectivity index (χ0n) is 25.0. The molecule has 3 unspecified atom stereocenters. The number of nitrogens with zero attached hydrogens (tertiary/aromatic N) is 2. The predicted octanol–water partition coefficient (Wildman–Crippen LogP) is 5.24. The molecule has 1 N–H and O–H groups in total. The topological polar surface area (TPSA) is 94.2 Å². The van der Waals surface area contributed by atoms with Crippen molar-refractivity contribution in [1.29, 1.82) is 0 Å². The summed E-state index contributed by atoms with van der Waals surface area (Å²) < 4.78 is 43.9. The second kappa shape index (κ2) is 12.8. The van der Waals surface area contributed by atoms with Crippen LogP contribution in [0.3, 0.4) is 0 Å². The summed E-state index contributed by atoms with van der Waals surface area (Å²) in [5.41, 5.74) is 2.80. The minimum atomic E-state index is -3.45. The first-order chi connectivity index (χ1) is 20.0. The summed E-state index contributed by atoms with van der Waals surface area (Å²) in [5.74, 6) is 0.964. The normalized spacial score (nSPS) is 26.0. The summed E-state index contributed by atoms with van der Waals surface area (Å²) in [7, 11) is -3.45. The van der Waals surface area contributed by atoms with Crippen molar-refractivity contribution in [3.05, 3.63) is 71.8 Å². The fraction of sp³-hybridized carbons (Fsp3) is 0.531. The Morgan fingerprint density at radius 1 is 1.05 bits per heavy atom. The van der Waals surface area contributed by atoms with Gasteiger partial charge in [0.1, 0.15) is 37.7 Å². The van der Waals surface area contributed by atoms with E-state index in [4.69, 9.17) is 14.2 Å². The van der Waals surface area contributed by atoms with Crippen LogP contribution in [0, 0.1) is 0 Å². The molecule has 3 atom stereocenters. The number of allylic oxidation sites excluding steroid dienone is 1. The van der Waals surface area contributed by atoms with E-state index in [1.165, 1.54) is 5.57 Å². The van der Waals surface area contributed by atoms with Crippen LogP contribution in [-0.4, -0.2) is 73.9 Å². The van der Waals surface area contributed by atoms with Crippen molar-refractivity contribution in [2.24, 2.45) is 0 Å². The Kier molecular flexibility index (Phi) is 9.27. The summed E-state index contributed by atoms with van der Waals surface area (Å²) in [5, 5.41) is 0. The van der Waals surface area contributed by atoms with E-state index in [2.05, 4.69) is 29.1 Å². The van der Waals surface area contributed by atoms with Crippen LogP contribution in [0.5, 0.6) is 5.75 Å². The molecule has 2 aromatic carbocycles. The van der Waals surface area contributed by atoms with E-state index in [9.17, 15) is 13.2 Å².